The van der Waals surface area contributed by atoms with Crippen LogP contribution in [0.2, 0.25) is 0 Å². The number of carbonyl (C=O) groups excluding carboxylic acids is 1. The Morgan fingerprint density at radius 1 is 1.03 bits per heavy atom. The number of rotatable bonds is 4. The number of alkyl halides is 6. The summed E-state index contributed by atoms with van der Waals surface area (Å²) in [5, 5.41) is -0.850. The fraction of sp³-hybridized carbons (Fsp3) is 0.364. The van der Waals surface area contributed by atoms with Gasteiger partial charge in [0.2, 0.25) is 0 Å². The van der Waals surface area contributed by atoms with E-state index in [0.717, 1.165) is 16.7 Å². The van der Waals surface area contributed by atoms with E-state index in [2.05, 4.69) is 4.99 Å². The van der Waals surface area contributed by atoms with Crippen molar-refractivity contribution in [2.24, 2.45) is 4.99 Å². The Balaban J connectivity index is 1.75. The van der Waals surface area contributed by atoms with Gasteiger partial charge in [0, 0.05) is 10.9 Å². The maximum absolute atomic E-state index is 13.4. The quantitative estimate of drug-likeness (QED) is 0.518. The molecule has 0 unspecified atom stereocenters. The van der Waals surface area contributed by atoms with Crippen LogP contribution in [0.3, 0.4) is 0 Å². The molecule has 194 valence electrons. The number of benzene rings is 2. The van der Waals surface area contributed by atoms with E-state index in [4.69, 9.17) is 4.74 Å². The Bertz CT molecular complexity index is 1280. The van der Waals surface area contributed by atoms with Gasteiger partial charge in [0.05, 0.1) is 42.2 Å². The van der Waals surface area contributed by atoms with Crippen molar-refractivity contribution in [3.05, 3.63) is 59.2 Å². The number of aliphatic imine (C=N–C) groups is 1. The lowest BCUT2D eigenvalue weighted by Crippen LogP contribution is -2.38. The van der Waals surface area contributed by atoms with Crippen molar-refractivity contribution in [3.63, 3.8) is 0 Å². The van der Waals surface area contributed by atoms with Crippen LogP contribution in [0.5, 0.6) is 5.75 Å². The molecule has 2 aliphatic heterocycles. The first-order valence-corrected chi connectivity index (χ1v) is 13.1. The van der Waals surface area contributed by atoms with E-state index in [1.807, 2.05) is 0 Å². The zero-order chi connectivity index (χ0) is 26.5. The van der Waals surface area contributed by atoms with Crippen LogP contribution >= 0.6 is 11.8 Å². The number of hydrogen-bond acceptors (Lipinski definition) is 5. The zero-order valence-electron chi connectivity index (χ0n) is 18.4. The number of hydrogen-bond donors (Lipinski definition) is 0. The number of halogens is 6. The van der Waals surface area contributed by atoms with Gasteiger partial charge in [0.15, 0.2) is 15.0 Å². The molecule has 36 heavy (non-hydrogen) atoms. The molecule has 2 fully saturated rings. The number of fused-ring (bicyclic) bond motifs is 1. The molecule has 0 bridgehead atoms. The van der Waals surface area contributed by atoms with Gasteiger partial charge in [-0.2, -0.15) is 31.3 Å². The molecule has 2 atom stereocenters. The van der Waals surface area contributed by atoms with Gasteiger partial charge >= 0.3 is 12.4 Å². The summed E-state index contributed by atoms with van der Waals surface area (Å²) in [5.41, 5.74) is -3.08. The van der Waals surface area contributed by atoms with E-state index in [1.165, 1.54) is 7.11 Å². The summed E-state index contributed by atoms with van der Waals surface area (Å²) in [6, 6.07) is 6.48. The fourth-order valence-corrected chi connectivity index (χ4v) is 7.94. The first kappa shape index (κ1) is 26.3. The fourth-order valence-electron chi connectivity index (χ4n) is 4.01. The lowest BCUT2D eigenvalue weighted by Gasteiger charge is -2.26. The summed E-state index contributed by atoms with van der Waals surface area (Å²) in [5.74, 6) is -0.976. The number of sulfone groups is 1. The minimum atomic E-state index is -5.09. The first-order valence-electron chi connectivity index (χ1n) is 10.4. The van der Waals surface area contributed by atoms with Gasteiger partial charge in [0.1, 0.15) is 5.75 Å². The van der Waals surface area contributed by atoms with E-state index >= 15 is 0 Å². The van der Waals surface area contributed by atoms with E-state index < -0.39 is 62.0 Å². The van der Waals surface area contributed by atoms with Crippen LogP contribution in [0, 0.1) is 0 Å². The van der Waals surface area contributed by atoms with Crippen LogP contribution in [0.25, 0.3) is 0 Å². The molecule has 0 N–H and O–H groups in total. The predicted octanol–water partition coefficient (Wildman–Crippen LogP) is 4.58. The van der Waals surface area contributed by atoms with Crippen molar-refractivity contribution in [1.82, 2.24) is 0 Å². The molecule has 0 spiro atoms. The number of ether oxygens (including phenoxy) is 1. The van der Waals surface area contributed by atoms with Crippen molar-refractivity contribution in [3.8, 4) is 5.75 Å². The average Bonchev–Trinajstić information content (AvgIpc) is 3.23. The summed E-state index contributed by atoms with van der Waals surface area (Å²) in [7, 11) is -2.12. The van der Waals surface area contributed by atoms with Crippen LogP contribution in [0.1, 0.15) is 16.7 Å². The maximum Gasteiger partial charge on any atom is 0.416 e. The number of methoxy groups -OCH3 is 1. The highest BCUT2D eigenvalue weighted by atomic mass is 32.2. The Kier molecular flexibility index (Phi) is 6.79. The lowest BCUT2D eigenvalue weighted by molar-refractivity contribution is -0.143. The number of thioether (sulfide) groups is 1. The normalized spacial score (nSPS) is 22.6. The number of amides is 1. The maximum atomic E-state index is 13.4. The van der Waals surface area contributed by atoms with Crippen LogP contribution in [0.15, 0.2) is 47.5 Å². The average molecular weight is 553 g/mol. The Morgan fingerprint density at radius 2 is 1.61 bits per heavy atom. The molecule has 4 rings (SSSR count). The van der Waals surface area contributed by atoms with Gasteiger partial charge < -0.3 is 9.64 Å². The van der Waals surface area contributed by atoms with E-state index in [1.54, 1.807) is 24.3 Å². The van der Waals surface area contributed by atoms with Crippen LogP contribution < -0.4 is 9.64 Å². The second-order valence-electron chi connectivity index (χ2n) is 8.25. The van der Waals surface area contributed by atoms with Gasteiger partial charge in [-0.3, -0.25) is 4.79 Å². The number of anilines is 1. The third kappa shape index (κ3) is 5.64. The zero-order valence-corrected chi connectivity index (χ0v) is 20.1. The topological polar surface area (TPSA) is 76.0 Å². The molecule has 2 aliphatic rings. The highest BCUT2D eigenvalue weighted by molar-refractivity contribution is 8.16. The monoisotopic (exact) mass is 552 g/mol. The first-order chi connectivity index (χ1) is 16.7. The van der Waals surface area contributed by atoms with Crippen molar-refractivity contribution >= 4 is 38.4 Å². The third-order valence-corrected chi connectivity index (χ3v) is 8.86. The molecule has 0 radical (unpaired) electrons. The second kappa shape index (κ2) is 9.29. The van der Waals surface area contributed by atoms with Crippen LogP contribution in [-0.2, 0) is 33.4 Å². The standard InChI is InChI=1S/C22H18F6N2O4S2/c1-34-16-4-2-12(3-5-16)6-19(31)29-20-30(17-10-36(32,33)11-18(17)35-20)15-8-13(21(23,24)25)7-14(9-15)22(26,27)28/h2-5,7-9,17-18H,6,10-11H2,1H3/t17-,18+/m0/s1. The SMILES string of the molecule is COc1ccc(CC(=O)N=C2S[C@@H]3CS(=O)(=O)C[C@@H]3N2c2cc(C(F)(F)F)cc(C(F)(F)F)c2)cc1. The number of nitrogens with zero attached hydrogens (tertiary/aromatic N) is 2. The van der Waals surface area contributed by atoms with Crippen molar-refractivity contribution in [1.29, 1.82) is 0 Å². The number of amidine groups is 1. The molecule has 2 heterocycles. The van der Waals surface area contributed by atoms with E-state index in [-0.39, 0.29) is 23.4 Å². The highest BCUT2D eigenvalue weighted by Crippen LogP contribution is 2.44. The number of carbonyl (C=O) groups is 1. The summed E-state index contributed by atoms with van der Waals surface area (Å²) < 4.78 is 110. The molecular weight excluding hydrogens is 534 g/mol. The van der Waals surface area contributed by atoms with Crippen LogP contribution in [0.4, 0.5) is 32.0 Å². The molecule has 2 saturated heterocycles. The molecule has 0 aliphatic carbocycles. The molecule has 6 nitrogen and oxygen atoms in total. The minimum absolute atomic E-state index is 0.0127. The van der Waals surface area contributed by atoms with Gasteiger partial charge in [-0.15, -0.1) is 0 Å². The molecule has 14 heteroatoms. The summed E-state index contributed by atoms with van der Waals surface area (Å²) in [6.45, 7) is 0. The van der Waals surface area contributed by atoms with Crippen molar-refractivity contribution < 1.29 is 44.3 Å². The van der Waals surface area contributed by atoms with Gasteiger partial charge in [-0.05, 0) is 35.9 Å². The Hall–Kier alpha value is -2.74. The van der Waals surface area contributed by atoms with Gasteiger partial charge in [0.25, 0.3) is 5.91 Å². The highest BCUT2D eigenvalue weighted by Gasteiger charge is 2.50. The molecular formula is C22H18F6N2O4S2. The van der Waals surface area contributed by atoms with E-state index in [9.17, 15) is 39.6 Å². The Labute approximate surface area is 206 Å². The molecule has 2 aromatic rings. The Morgan fingerprint density at radius 3 is 2.14 bits per heavy atom. The second-order valence-corrected chi connectivity index (χ2v) is 11.6. The summed E-state index contributed by atoms with van der Waals surface area (Å²) in [4.78, 5) is 17.6. The summed E-state index contributed by atoms with van der Waals surface area (Å²) in [6.07, 6.45) is -10.4. The van der Waals surface area contributed by atoms with Gasteiger partial charge in [-0.25, -0.2) is 8.42 Å². The van der Waals surface area contributed by atoms with E-state index in [0.29, 0.717) is 23.4 Å². The van der Waals surface area contributed by atoms with Gasteiger partial charge in [-0.1, -0.05) is 23.9 Å². The molecule has 0 aromatic heterocycles. The molecule has 0 saturated carbocycles. The molecule has 2 aromatic carbocycles. The van der Waals surface area contributed by atoms with Crippen molar-refractivity contribution in [2.45, 2.75) is 30.1 Å². The smallest absolute Gasteiger partial charge is 0.416 e. The van der Waals surface area contributed by atoms with Crippen LogP contribution in [-0.4, -0.2) is 49.4 Å². The summed E-state index contributed by atoms with van der Waals surface area (Å²) >= 11 is 0.852. The van der Waals surface area contributed by atoms with Crippen molar-refractivity contribution in [2.75, 3.05) is 23.5 Å². The molecule has 1 amide bonds. The largest absolute Gasteiger partial charge is 0.497 e. The minimum Gasteiger partial charge on any atom is -0.497 e. The predicted molar refractivity (Wildman–Crippen MR) is 122 cm³/mol. The third-order valence-electron chi connectivity index (χ3n) is 5.65. The lowest BCUT2D eigenvalue weighted by atomic mass is 10.1.